The van der Waals surface area contributed by atoms with Crippen molar-refractivity contribution in [1.29, 1.82) is 0 Å². The highest BCUT2D eigenvalue weighted by Crippen LogP contribution is 2.25. The summed E-state index contributed by atoms with van der Waals surface area (Å²) in [6.45, 7) is 4.37. The van der Waals surface area contributed by atoms with E-state index in [1.54, 1.807) is 7.11 Å². The Kier molecular flexibility index (Phi) is 4.06. The maximum absolute atomic E-state index is 5.86. The monoisotopic (exact) mass is 261 g/mol. The summed E-state index contributed by atoms with van der Waals surface area (Å²) in [6, 6.07) is 7.47. The SMILES string of the molecule is COc1ccc(OC(C)c2n[nH]c(C)c2CN)cc1. The molecule has 2 aromatic rings. The summed E-state index contributed by atoms with van der Waals surface area (Å²) in [5, 5.41) is 7.20. The fourth-order valence-electron chi connectivity index (χ4n) is 1.98. The molecule has 0 aliphatic heterocycles. The Balaban J connectivity index is 2.13. The zero-order valence-electron chi connectivity index (χ0n) is 11.4. The van der Waals surface area contributed by atoms with E-state index in [4.69, 9.17) is 15.2 Å². The Morgan fingerprint density at radius 3 is 2.47 bits per heavy atom. The van der Waals surface area contributed by atoms with Gasteiger partial charge in [-0.2, -0.15) is 5.10 Å². The molecule has 19 heavy (non-hydrogen) atoms. The topological polar surface area (TPSA) is 73.2 Å². The van der Waals surface area contributed by atoms with Crippen molar-refractivity contribution < 1.29 is 9.47 Å². The summed E-state index contributed by atoms with van der Waals surface area (Å²) < 4.78 is 11.0. The number of aryl methyl sites for hydroxylation is 1. The summed E-state index contributed by atoms with van der Waals surface area (Å²) in [6.07, 6.45) is -0.156. The van der Waals surface area contributed by atoms with Crippen LogP contribution in [0.3, 0.4) is 0 Å². The quantitative estimate of drug-likeness (QED) is 0.866. The van der Waals surface area contributed by atoms with Gasteiger partial charge in [0, 0.05) is 17.8 Å². The fourth-order valence-corrected chi connectivity index (χ4v) is 1.98. The molecule has 1 atom stereocenters. The number of benzene rings is 1. The van der Waals surface area contributed by atoms with Gasteiger partial charge in [0.05, 0.1) is 7.11 Å². The molecular formula is C14H19N3O2. The summed E-state index contributed by atoms with van der Waals surface area (Å²) in [5.74, 6) is 1.58. The second-order valence-electron chi connectivity index (χ2n) is 4.35. The molecule has 0 saturated carbocycles. The average molecular weight is 261 g/mol. The standard InChI is InChI=1S/C14H19N3O2/c1-9-13(8-15)14(17-16-9)10(2)19-12-6-4-11(18-3)5-7-12/h4-7,10H,8,15H2,1-3H3,(H,16,17). The maximum Gasteiger partial charge on any atom is 0.140 e. The Bertz CT molecular complexity index is 534. The van der Waals surface area contributed by atoms with Crippen LogP contribution in [0.25, 0.3) is 0 Å². The Morgan fingerprint density at radius 1 is 1.26 bits per heavy atom. The number of aromatic amines is 1. The van der Waals surface area contributed by atoms with E-state index in [9.17, 15) is 0 Å². The largest absolute Gasteiger partial charge is 0.497 e. The van der Waals surface area contributed by atoms with Crippen LogP contribution in [0.2, 0.25) is 0 Å². The fraction of sp³-hybridized carbons (Fsp3) is 0.357. The zero-order chi connectivity index (χ0) is 13.8. The van der Waals surface area contributed by atoms with Gasteiger partial charge in [0.2, 0.25) is 0 Å². The van der Waals surface area contributed by atoms with E-state index in [1.807, 2.05) is 38.1 Å². The van der Waals surface area contributed by atoms with Gasteiger partial charge in [-0.15, -0.1) is 0 Å². The predicted molar refractivity (Wildman–Crippen MR) is 73.3 cm³/mol. The van der Waals surface area contributed by atoms with E-state index in [1.165, 1.54) is 0 Å². The lowest BCUT2D eigenvalue weighted by Crippen LogP contribution is -2.09. The minimum Gasteiger partial charge on any atom is -0.497 e. The second-order valence-corrected chi connectivity index (χ2v) is 4.35. The number of hydrogen-bond acceptors (Lipinski definition) is 4. The first kappa shape index (κ1) is 13.4. The minimum absolute atomic E-state index is 0.156. The molecule has 3 N–H and O–H groups in total. The highest BCUT2D eigenvalue weighted by Gasteiger charge is 2.17. The Morgan fingerprint density at radius 2 is 1.89 bits per heavy atom. The van der Waals surface area contributed by atoms with E-state index < -0.39 is 0 Å². The van der Waals surface area contributed by atoms with Gasteiger partial charge in [-0.1, -0.05) is 0 Å². The molecule has 0 radical (unpaired) electrons. The van der Waals surface area contributed by atoms with Crippen LogP contribution in [0, 0.1) is 6.92 Å². The minimum atomic E-state index is -0.156. The third-order valence-electron chi connectivity index (χ3n) is 3.07. The first-order valence-electron chi connectivity index (χ1n) is 6.20. The molecule has 0 aliphatic carbocycles. The van der Waals surface area contributed by atoms with Gasteiger partial charge in [-0.25, -0.2) is 0 Å². The lowest BCUT2D eigenvalue weighted by Gasteiger charge is -2.14. The molecule has 1 aromatic carbocycles. The van der Waals surface area contributed by atoms with Gasteiger partial charge < -0.3 is 15.2 Å². The Labute approximate surface area is 112 Å². The van der Waals surface area contributed by atoms with Crippen LogP contribution in [0.5, 0.6) is 11.5 Å². The van der Waals surface area contributed by atoms with Gasteiger partial charge in [-0.3, -0.25) is 5.10 Å². The molecule has 0 amide bonds. The maximum atomic E-state index is 5.86. The molecular weight excluding hydrogens is 242 g/mol. The molecule has 5 heteroatoms. The number of methoxy groups -OCH3 is 1. The first-order chi connectivity index (χ1) is 9.15. The number of rotatable bonds is 5. The van der Waals surface area contributed by atoms with E-state index in [0.717, 1.165) is 28.5 Å². The smallest absolute Gasteiger partial charge is 0.140 e. The highest BCUT2D eigenvalue weighted by atomic mass is 16.5. The lowest BCUT2D eigenvalue weighted by atomic mass is 10.1. The molecule has 2 rings (SSSR count). The zero-order valence-corrected chi connectivity index (χ0v) is 11.4. The summed E-state index contributed by atoms with van der Waals surface area (Å²) in [5.41, 5.74) is 8.59. The summed E-state index contributed by atoms with van der Waals surface area (Å²) >= 11 is 0. The molecule has 1 heterocycles. The number of nitrogens with zero attached hydrogens (tertiary/aromatic N) is 1. The average Bonchev–Trinajstić information content (AvgIpc) is 2.80. The van der Waals surface area contributed by atoms with Crippen LogP contribution in [0.1, 0.15) is 30.0 Å². The van der Waals surface area contributed by atoms with Crippen LogP contribution in [0.4, 0.5) is 0 Å². The van der Waals surface area contributed by atoms with Crippen molar-refractivity contribution >= 4 is 0 Å². The van der Waals surface area contributed by atoms with Crippen LogP contribution in [0.15, 0.2) is 24.3 Å². The van der Waals surface area contributed by atoms with Crippen LogP contribution >= 0.6 is 0 Å². The lowest BCUT2D eigenvalue weighted by molar-refractivity contribution is 0.220. The van der Waals surface area contributed by atoms with Crippen molar-refractivity contribution in [1.82, 2.24) is 10.2 Å². The van der Waals surface area contributed by atoms with Crippen molar-refractivity contribution in [2.45, 2.75) is 26.5 Å². The molecule has 5 nitrogen and oxygen atoms in total. The molecule has 0 spiro atoms. The molecule has 0 saturated heterocycles. The van der Waals surface area contributed by atoms with Gasteiger partial charge in [0.1, 0.15) is 23.3 Å². The van der Waals surface area contributed by atoms with Crippen molar-refractivity contribution in [2.24, 2.45) is 5.73 Å². The van der Waals surface area contributed by atoms with Crippen molar-refractivity contribution in [3.8, 4) is 11.5 Å². The van der Waals surface area contributed by atoms with Gasteiger partial charge in [-0.05, 0) is 38.1 Å². The van der Waals surface area contributed by atoms with Crippen LogP contribution in [-0.2, 0) is 6.54 Å². The van der Waals surface area contributed by atoms with Gasteiger partial charge in [0.25, 0.3) is 0 Å². The van der Waals surface area contributed by atoms with Crippen LogP contribution < -0.4 is 15.2 Å². The number of nitrogens with two attached hydrogens (primary N) is 1. The predicted octanol–water partition coefficient (Wildman–Crippen LogP) is 2.33. The molecule has 1 aromatic heterocycles. The van der Waals surface area contributed by atoms with Crippen molar-refractivity contribution in [2.75, 3.05) is 7.11 Å². The number of ether oxygens (including phenoxy) is 2. The molecule has 0 bridgehead atoms. The number of nitrogens with one attached hydrogen (secondary N) is 1. The van der Waals surface area contributed by atoms with Crippen molar-refractivity contribution in [3.63, 3.8) is 0 Å². The first-order valence-corrected chi connectivity index (χ1v) is 6.20. The molecule has 1 unspecified atom stereocenters. The third kappa shape index (κ3) is 2.88. The third-order valence-corrected chi connectivity index (χ3v) is 3.07. The van der Waals surface area contributed by atoms with Gasteiger partial charge >= 0.3 is 0 Å². The van der Waals surface area contributed by atoms with E-state index >= 15 is 0 Å². The van der Waals surface area contributed by atoms with E-state index in [2.05, 4.69) is 10.2 Å². The molecule has 0 fully saturated rings. The molecule has 0 aliphatic rings. The summed E-state index contributed by atoms with van der Waals surface area (Å²) in [4.78, 5) is 0. The van der Waals surface area contributed by atoms with E-state index in [-0.39, 0.29) is 6.10 Å². The number of hydrogen-bond donors (Lipinski definition) is 2. The number of H-pyrrole nitrogens is 1. The normalized spacial score (nSPS) is 12.2. The molecule has 102 valence electrons. The van der Waals surface area contributed by atoms with Gasteiger partial charge in [0.15, 0.2) is 0 Å². The van der Waals surface area contributed by atoms with E-state index in [0.29, 0.717) is 6.54 Å². The van der Waals surface area contributed by atoms with Crippen LogP contribution in [-0.4, -0.2) is 17.3 Å². The highest BCUT2D eigenvalue weighted by molar-refractivity contribution is 5.32. The second kappa shape index (κ2) is 5.75. The number of aromatic nitrogens is 2. The Hall–Kier alpha value is -2.01. The van der Waals surface area contributed by atoms with Crippen molar-refractivity contribution in [3.05, 3.63) is 41.2 Å². The summed E-state index contributed by atoms with van der Waals surface area (Å²) in [7, 11) is 1.64.